The van der Waals surface area contributed by atoms with Crippen molar-refractivity contribution in [3.05, 3.63) is 54.1 Å². The molecular formula is C15H13NO3. The van der Waals surface area contributed by atoms with E-state index in [9.17, 15) is 9.90 Å². The number of hydrogen-bond donors (Lipinski definition) is 1. The Labute approximate surface area is 110 Å². The van der Waals surface area contributed by atoms with Crippen LogP contribution in [0.15, 0.2) is 48.5 Å². The van der Waals surface area contributed by atoms with Crippen molar-refractivity contribution in [3.63, 3.8) is 0 Å². The number of hydrogen-bond acceptors (Lipinski definition) is 3. The second-order valence-electron chi connectivity index (χ2n) is 4.32. The van der Waals surface area contributed by atoms with E-state index in [4.69, 9.17) is 4.74 Å². The third-order valence-electron chi connectivity index (χ3n) is 3.07. The maximum atomic E-state index is 12.5. The van der Waals surface area contributed by atoms with Crippen LogP contribution >= 0.6 is 0 Å². The molecule has 0 bridgehead atoms. The summed E-state index contributed by atoms with van der Waals surface area (Å²) in [6, 6.07) is 13.9. The molecule has 0 atom stereocenters. The molecule has 0 saturated carbocycles. The van der Waals surface area contributed by atoms with Crippen LogP contribution in [0.1, 0.15) is 10.4 Å². The number of phenols is 1. The quantitative estimate of drug-likeness (QED) is 0.851. The molecule has 2 aromatic rings. The lowest BCUT2D eigenvalue weighted by molar-refractivity contribution is 0.0976. The third kappa shape index (κ3) is 2.12. The minimum absolute atomic E-state index is 0.0873. The van der Waals surface area contributed by atoms with Crippen LogP contribution in [-0.4, -0.2) is 24.2 Å². The second-order valence-corrected chi connectivity index (χ2v) is 4.32. The van der Waals surface area contributed by atoms with E-state index in [1.54, 1.807) is 35.2 Å². The first-order valence-corrected chi connectivity index (χ1v) is 6.08. The van der Waals surface area contributed by atoms with Crippen molar-refractivity contribution in [2.24, 2.45) is 0 Å². The predicted molar refractivity (Wildman–Crippen MR) is 71.7 cm³/mol. The number of rotatable bonds is 1. The van der Waals surface area contributed by atoms with Crippen LogP contribution in [-0.2, 0) is 0 Å². The summed E-state index contributed by atoms with van der Waals surface area (Å²) in [6.45, 7) is 0.931. The molecule has 2 aromatic carbocycles. The van der Waals surface area contributed by atoms with Gasteiger partial charge in [0.05, 0.1) is 12.2 Å². The summed E-state index contributed by atoms with van der Waals surface area (Å²) in [5.74, 6) is 0.652. The Bertz CT molecular complexity index is 610. The van der Waals surface area contributed by atoms with Crippen LogP contribution in [0.4, 0.5) is 5.69 Å². The Balaban J connectivity index is 2.00. The Morgan fingerprint density at radius 1 is 1.16 bits per heavy atom. The maximum Gasteiger partial charge on any atom is 0.258 e. The molecule has 0 saturated heterocycles. The van der Waals surface area contributed by atoms with Crippen molar-refractivity contribution < 1.29 is 14.6 Å². The molecule has 0 radical (unpaired) electrons. The van der Waals surface area contributed by atoms with Gasteiger partial charge in [-0.05, 0) is 24.3 Å². The third-order valence-corrected chi connectivity index (χ3v) is 3.07. The van der Waals surface area contributed by atoms with Crippen LogP contribution in [0.2, 0.25) is 0 Å². The molecule has 0 spiro atoms. The van der Waals surface area contributed by atoms with E-state index in [-0.39, 0.29) is 11.7 Å². The van der Waals surface area contributed by atoms with Crippen molar-refractivity contribution in [1.29, 1.82) is 0 Å². The number of aromatic hydroxyl groups is 1. The van der Waals surface area contributed by atoms with E-state index in [1.165, 1.54) is 0 Å². The Kier molecular flexibility index (Phi) is 2.83. The van der Waals surface area contributed by atoms with Crippen LogP contribution in [0.3, 0.4) is 0 Å². The summed E-state index contributed by atoms with van der Waals surface area (Å²) < 4.78 is 5.49. The van der Waals surface area contributed by atoms with Crippen LogP contribution < -0.4 is 9.64 Å². The number of anilines is 1. The molecule has 0 fully saturated rings. The Hall–Kier alpha value is -2.49. The van der Waals surface area contributed by atoms with Gasteiger partial charge in [0.2, 0.25) is 0 Å². The molecule has 0 aromatic heterocycles. The molecule has 4 heteroatoms. The number of ether oxygens (including phenoxy) is 1. The molecule has 0 aliphatic carbocycles. The predicted octanol–water partition coefficient (Wildman–Crippen LogP) is 2.43. The smallest absolute Gasteiger partial charge is 0.258 e. The lowest BCUT2D eigenvalue weighted by Gasteiger charge is -2.29. The number of carbonyl (C=O) groups is 1. The highest BCUT2D eigenvalue weighted by Gasteiger charge is 2.24. The first kappa shape index (κ1) is 11.6. The van der Waals surface area contributed by atoms with E-state index < -0.39 is 0 Å². The van der Waals surface area contributed by atoms with E-state index in [2.05, 4.69) is 0 Å². The highest BCUT2D eigenvalue weighted by Crippen LogP contribution is 2.35. The highest BCUT2D eigenvalue weighted by atomic mass is 16.5. The summed E-state index contributed by atoms with van der Waals surface area (Å²) in [5, 5.41) is 9.56. The Morgan fingerprint density at radius 2 is 1.95 bits per heavy atom. The summed E-state index contributed by atoms with van der Waals surface area (Å²) in [5.41, 5.74) is 1.23. The molecule has 1 aliphatic rings. The SMILES string of the molecule is O=C(c1ccccc1)N1CCOc2ccc(O)cc21. The van der Waals surface area contributed by atoms with Gasteiger partial charge in [-0.3, -0.25) is 4.79 Å². The minimum Gasteiger partial charge on any atom is -0.508 e. The van der Waals surface area contributed by atoms with Gasteiger partial charge >= 0.3 is 0 Å². The zero-order valence-electron chi connectivity index (χ0n) is 10.2. The number of phenolic OH excluding ortho intramolecular Hbond substituents is 1. The normalized spacial score (nSPS) is 13.6. The first-order chi connectivity index (χ1) is 9.25. The van der Waals surface area contributed by atoms with Crippen molar-refractivity contribution in [3.8, 4) is 11.5 Å². The summed E-state index contributed by atoms with van der Waals surface area (Å²) in [4.78, 5) is 14.1. The molecule has 1 amide bonds. The highest BCUT2D eigenvalue weighted by molar-refractivity contribution is 6.07. The average Bonchev–Trinajstić information content (AvgIpc) is 2.47. The molecule has 1 aliphatic heterocycles. The van der Waals surface area contributed by atoms with Gasteiger partial charge in [0.1, 0.15) is 18.1 Å². The standard InChI is InChI=1S/C15H13NO3/c17-12-6-7-14-13(10-12)16(8-9-19-14)15(18)11-4-2-1-3-5-11/h1-7,10,17H,8-9H2. The van der Waals surface area contributed by atoms with Gasteiger partial charge in [-0.25, -0.2) is 0 Å². The molecule has 96 valence electrons. The van der Waals surface area contributed by atoms with Crippen molar-refractivity contribution in [2.45, 2.75) is 0 Å². The fourth-order valence-corrected chi connectivity index (χ4v) is 2.15. The fourth-order valence-electron chi connectivity index (χ4n) is 2.15. The molecule has 1 N–H and O–H groups in total. The van der Waals surface area contributed by atoms with Gasteiger partial charge in [-0.15, -0.1) is 0 Å². The summed E-state index contributed by atoms with van der Waals surface area (Å²) >= 11 is 0. The molecule has 4 nitrogen and oxygen atoms in total. The molecule has 0 unspecified atom stereocenters. The second kappa shape index (κ2) is 4.65. The number of fused-ring (bicyclic) bond motifs is 1. The average molecular weight is 255 g/mol. The van der Waals surface area contributed by atoms with Gasteiger partial charge < -0.3 is 14.7 Å². The maximum absolute atomic E-state index is 12.5. The molecule has 19 heavy (non-hydrogen) atoms. The van der Waals surface area contributed by atoms with Gasteiger partial charge in [0.15, 0.2) is 0 Å². The van der Waals surface area contributed by atoms with E-state index in [1.807, 2.05) is 18.2 Å². The van der Waals surface area contributed by atoms with Gasteiger partial charge in [-0.2, -0.15) is 0 Å². The van der Waals surface area contributed by atoms with Crippen molar-refractivity contribution in [2.75, 3.05) is 18.1 Å². The largest absolute Gasteiger partial charge is 0.508 e. The van der Waals surface area contributed by atoms with Crippen LogP contribution in [0.25, 0.3) is 0 Å². The lowest BCUT2D eigenvalue weighted by Crippen LogP contribution is -2.37. The van der Waals surface area contributed by atoms with Gasteiger partial charge in [0.25, 0.3) is 5.91 Å². The molecule has 3 rings (SSSR count). The van der Waals surface area contributed by atoms with Crippen molar-refractivity contribution in [1.82, 2.24) is 0 Å². The number of nitrogens with zero attached hydrogens (tertiary/aromatic N) is 1. The van der Waals surface area contributed by atoms with Gasteiger partial charge in [-0.1, -0.05) is 18.2 Å². The van der Waals surface area contributed by atoms with Crippen LogP contribution in [0, 0.1) is 0 Å². The fraction of sp³-hybridized carbons (Fsp3) is 0.133. The first-order valence-electron chi connectivity index (χ1n) is 6.08. The number of carbonyl (C=O) groups excluding carboxylic acids is 1. The Morgan fingerprint density at radius 3 is 2.74 bits per heavy atom. The summed E-state index contributed by atoms with van der Waals surface area (Å²) in [7, 11) is 0. The monoisotopic (exact) mass is 255 g/mol. The number of amides is 1. The lowest BCUT2D eigenvalue weighted by atomic mass is 10.1. The van der Waals surface area contributed by atoms with E-state index in [0.29, 0.717) is 30.2 Å². The van der Waals surface area contributed by atoms with Crippen molar-refractivity contribution >= 4 is 11.6 Å². The zero-order chi connectivity index (χ0) is 13.2. The molecular weight excluding hydrogens is 242 g/mol. The zero-order valence-corrected chi connectivity index (χ0v) is 10.2. The minimum atomic E-state index is -0.0873. The van der Waals surface area contributed by atoms with Gasteiger partial charge in [0, 0.05) is 11.6 Å². The van der Waals surface area contributed by atoms with E-state index in [0.717, 1.165) is 0 Å². The van der Waals surface area contributed by atoms with E-state index >= 15 is 0 Å². The number of benzene rings is 2. The van der Waals surface area contributed by atoms with Crippen LogP contribution in [0.5, 0.6) is 11.5 Å². The molecule has 1 heterocycles. The topological polar surface area (TPSA) is 49.8 Å². The summed E-state index contributed by atoms with van der Waals surface area (Å²) in [6.07, 6.45) is 0.